The van der Waals surface area contributed by atoms with Crippen LogP contribution in [0.3, 0.4) is 0 Å². The molecule has 2 rings (SSSR count). The number of hydrogen-bond donors (Lipinski definition) is 2. The van der Waals surface area contributed by atoms with E-state index in [9.17, 15) is 14.0 Å². The highest BCUT2D eigenvalue weighted by molar-refractivity contribution is 9.10. The Morgan fingerprint density at radius 3 is 2.65 bits per heavy atom. The van der Waals surface area contributed by atoms with Gasteiger partial charge in [-0.1, -0.05) is 34.1 Å². The third-order valence-electron chi connectivity index (χ3n) is 3.23. The van der Waals surface area contributed by atoms with Crippen molar-refractivity contribution < 1.29 is 23.5 Å². The number of para-hydroxylation sites is 1. The molecular weight excluding hydrogens is 407 g/mol. The van der Waals surface area contributed by atoms with E-state index < -0.39 is 23.7 Å². The first-order valence-corrected chi connectivity index (χ1v) is 8.63. The largest absolute Gasteiger partial charge is 0.490 e. The van der Waals surface area contributed by atoms with Gasteiger partial charge in [0, 0.05) is 4.47 Å². The molecular formula is C18H18BrFN2O4. The van der Waals surface area contributed by atoms with E-state index in [0.717, 1.165) is 4.47 Å². The molecule has 0 spiro atoms. The van der Waals surface area contributed by atoms with Crippen molar-refractivity contribution in [2.75, 3.05) is 6.61 Å². The van der Waals surface area contributed by atoms with Gasteiger partial charge in [0.25, 0.3) is 5.91 Å². The smallest absolute Gasteiger partial charge is 0.279 e. The molecule has 1 unspecified atom stereocenters. The van der Waals surface area contributed by atoms with Gasteiger partial charge in [0.1, 0.15) is 5.75 Å². The molecule has 0 saturated heterocycles. The summed E-state index contributed by atoms with van der Waals surface area (Å²) in [6, 6.07) is 13.0. The first-order valence-electron chi connectivity index (χ1n) is 7.84. The van der Waals surface area contributed by atoms with E-state index in [2.05, 4.69) is 26.8 Å². The molecule has 138 valence electrons. The van der Waals surface area contributed by atoms with Gasteiger partial charge in [0.15, 0.2) is 17.7 Å². The van der Waals surface area contributed by atoms with Gasteiger partial charge in [0.05, 0.1) is 13.0 Å². The molecule has 0 fully saturated rings. The number of nitrogens with one attached hydrogen (secondary N) is 2. The molecule has 0 aliphatic heterocycles. The molecule has 26 heavy (non-hydrogen) atoms. The molecule has 2 amide bonds. The van der Waals surface area contributed by atoms with Gasteiger partial charge in [-0.25, -0.2) is 4.39 Å². The second-order valence-electron chi connectivity index (χ2n) is 5.28. The number of hydrazine groups is 1. The SMILES string of the molecule is CC(Oc1cccc(Br)c1)C(=O)NNC(=O)CCOc1ccccc1F. The van der Waals surface area contributed by atoms with Gasteiger partial charge in [-0.15, -0.1) is 0 Å². The summed E-state index contributed by atoms with van der Waals surface area (Å²) < 4.78 is 24.8. The fourth-order valence-corrected chi connectivity index (χ4v) is 2.29. The molecule has 0 radical (unpaired) electrons. The number of rotatable bonds is 7. The minimum absolute atomic E-state index is 0.0211. The minimum Gasteiger partial charge on any atom is -0.490 e. The summed E-state index contributed by atoms with van der Waals surface area (Å²) in [5.41, 5.74) is 4.53. The Morgan fingerprint density at radius 1 is 1.15 bits per heavy atom. The predicted molar refractivity (Wildman–Crippen MR) is 97.0 cm³/mol. The zero-order valence-corrected chi connectivity index (χ0v) is 15.6. The van der Waals surface area contributed by atoms with Crippen molar-refractivity contribution >= 4 is 27.7 Å². The highest BCUT2D eigenvalue weighted by atomic mass is 79.9. The van der Waals surface area contributed by atoms with Gasteiger partial charge in [-0.3, -0.25) is 20.4 Å². The fraction of sp³-hybridized carbons (Fsp3) is 0.222. The van der Waals surface area contributed by atoms with Crippen LogP contribution in [-0.2, 0) is 9.59 Å². The van der Waals surface area contributed by atoms with Crippen molar-refractivity contribution in [3.05, 3.63) is 58.8 Å². The summed E-state index contributed by atoms with van der Waals surface area (Å²) in [4.78, 5) is 23.6. The lowest BCUT2D eigenvalue weighted by Crippen LogP contribution is -2.47. The van der Waals surface area contributed by atoms with Crippen molar-refractivity contribution in [2.24, 2.45) is 0 Å². The van der Waals surface area contributed by atoms with Crippen LogP contribution in [0.4, 0.5) is 4.39 Å². The van der Waals surface area contributed by atoms with Crippen LogP contribution in [0.2, 0.25) is 0 Å². The lowest BCUT2D eigenvalue weighted by atomic mass is 10.3. The van der Waals surface area contributed by atoms with Gasteiger partial charge in [-0.2, -0.15) is 0 Å². The van der Waals surface area contributed by atoms with Crippen LogP contribution >= 0.6 is 15.9 Å². The van der Waals surface area contributed by atoms with Crippen molar-refractivity contribution in [1.82, 2.24) is 10.9 Å². The number of hydrogen-bond acceptors (Lipinski definition) is 4. The molecule has 0 bridgehead atoms. The van der Waals surface area contributed by atoms with E-state index in [1.54, 1.807) is 37.3 Å². The standard InChI is InChI=1S/C18H18BrFN2O4/c1-12(26-14-6-4-5-13(19)11-14)18(24)22-21-17(23)9-10-25-16-8-3-2-7-15(16)20/h2-8,11-12H,9-10H2,1H3,(H,21,23)(H,22,24). The topological polar surface area (TPSA) is 76.7 Å². The van der Waals surface area contributed by atoms with E-state index in [1.807, 2.05) is 6.07 Å². The Bertz CT molecular complexity index is 772. The van der Waals surface area contributed by atoms with Crippen LogP contribution in [0.25, 0.3) is 0 Å². The maximum Gasteiger partial charge on any atom is 0.279 e. The predicted octanol–water partition coefficient (Wildman–Crippen LogP) is 2.97. The number of benzene rings is 2. The van der Waals surface area contributed by atoms with Crippen LogP contribution < -0.4 is 20.3 Å². The van der Waals surface area contributed by atoms with Crippen molar-refractivity contribution in [3.63, 3.8) is 0 Å². The van der Waals surface area contributed by atoms with Gasteiger partial charge in [-0.05, 0) is 37.3 Å². The van der Waals surface area contributed by atoms with E-state index in [0.29, 0.717) is 5.75 Å². The molecule has 0 saturated carbocycles. The molecule has 0 aliphatic carbocycles. The number of carbonyl (C=O) groups is 2. The zero-order chi connectivity index (χ0) is 18.9. The van der Waals surface area contributed by atoms with Crippen molar-refractivity contribution in [3.8, 4) is 11.5 Å². The summed E-state index contributed by atoms with van der Waals surface area (Å²) in [6.45, 7) is 1.54. The summed E-state index contributed by atoms with van der Waals surface area (Å²) >= 11 is 3.31. The van der Waals surface area contributed by atoms with Crippen LogP contribution in [-0.4, -0.2) is 24.5 Å². The quantitative estimate of drug-likeness (QED) is 0.669. The molecule has 0 aromatic heterocycles. The monoisotopic (exact) mass is 424 g/mol. The van der Waals surface area contributed by atoms with E-state index in [-0.39, 0.29) is 18.8 Å². The normalized spacial score (nSPS) is 11.3. The second kappa shape index (κ2) is 9.76. The van der Waals surface area contributed by atoms with Gasteiger partial charge < -0.3 is 9.47 Å². The van der Waals surface area contributed by atoms with Crippen LogP contribution in [0.1, 0.15) is 13.3 Å². The summed E-state index contributed by atoms with van der Waals surface area (Å²) in [6.07, 6.45) is -0.852. The van der Waals surface area contributed by atoms with E-state index in [4.69, 9.17) is 9.47 Å². The average Bonchev–Trinajstić information content (AvgIpc) is 2.61. The lowest BCUT2D eigenvalue weighted by molar-refractivity contribution is -0.132. The van der Waals surface area contributed by atoms with Gasteiger partial charge in [0.2, 0.25) is 5.91 Å². The summed E-state index contributed by atoms with van der Waals surface area (Å²) in [5, 5.41) is 0. The highest BCUT2D eigenvalue weighted by Gasteiger charge is 2.15. The van der Waals surface area contributed by atoms with Crippen LogP contribution in [0.5, 0.6) is 11.5 Å². The van der Waals surface area contributed by atoms with Crippen LogP contribution in [0.15, 0.2) is 53.0 Å². The number of carbonyl (C=O) groups excluding carboxylic acids is 2. The van der Waals surface area contributed by atoms with E-state index >= 15 is 0 Å². The maximum atomic E-state index is 13.4. The number of halogens is 2. The fourth-order valence-electron chi connectivity index (χ4n) is 1.91. The molecule has 2 N–H and O–H groups in total. The second-order valence-corrected chi connectivity index (χ2v) is 6.20. The number of ether oxygens (including phenoxy) is 2. The zero-order valence-electron chi connectivity index (χ0n) is 14.0. The third-order valence-corrected chi connectivity index (χ3v) is 3.72. The number of amides is 2. The summed E-state index contributed by atoms with van der Waals surface area (Å²) in [7, 11) is 0. The first-order chi connectivity index (χ1) is 12.5. The Kier molecular flexibility index (Phi) is 7.40. The molecule has 8 heteroatoms. The van der Waals surface area contributed by atoms with Gasteiger partial charge >= 0.3 is 0 Å². The van der Waals surface area contributed by atoms with E-state index in [1.165, 1.54) is 12.1 Å². The molecule has 6 nitrogen and oxygen atoms in total. The average molecular weight is 425 g/mol. The summed E-state index contributed by atoms with van der Waals surface area (Å²) in [5.74, 6) is -0.885. The van der Waals surface area contributed by atoms with Crippen LogP contribution in [0, 0.1) is 5.82 Å². The third kappa shape index (κ3) is 6.36. The van der Waals surface area contributed by atoms with Crippen molar-refractivity contribution in [2.45, 2.75) is 19.4 Å². The molecule has 1 atom stereocenters. The van der Waals surface area contributed by atoms with Crippen molar-refractivity contribution in [1.29, 1.82) is 0 Å². The Balaban J connectivity index is 1.69. The lowest BCUT2D eigenvalue weighted by Gasteiger charge is -2.15. The first kappa shape index (κ1) is 19.7. The molecule has 0 heterocycles. The Hall–Kier alpha value is -2.61. The Morgan fingerprint density at radius 2 is 1.92 bits per heavy atom. The molecule has 0 aliphatic rings. The molecule has 2 aromatic rings. The molecule has 2 aromatic carbocycles. The maximum absolute atomic E-state index is 13.4. The minimum atomic E-state index is -0.806. The Labute approximate surface area is 158 Å². The highest BCUT2D eigenvalue weighted by Crippen LogP contribution is 2.19.